The smallest absolute Gasteiger partial charge is 0.0561 e. The van der Waals surface area contributed by atoms with Gasteiger partial charge in [-0.25, -0.2) is 0 Å². The Balaban J connectivity index is 1.90. The zero-order valence-electron chi connectivity index (χ0n) is 11.4. The largest absolute Gasteiger partial charge is 0.378 e. The number of nitrogens with zero attached hydrogens (tertiary/aromatic N) is 1. The van der Waals surface area contributed by atoms with Crippen molar-refractivity contribution >= 4 is 0 Å². The lowest BCUT2D eigenvalue weighted by Gasteiger charge is -2.43. The SMILES string of the molecule is CCN(C1CCC(N)CC1)C1CCOC(C)C1. The Hall–Kier alpha value is -0.120. The molecule has 2 atom stereocenters. The average Bonchev–Trinajstić information content (AvgIpc) is 2.33. The molecule has 0 bridgehead atoms. The first-order valence-electron chi connectivity index (χ1n) is 7.33. The fraction of sp³-hybridized carbons (Fsp3) is 1.00. The van der Waals surface area contributed by atoms with Crippen LogP contribution in [0.25, 0.3) is 0 Å². The highest BCUT2D eigenvalue weighted by atomic mass is 16.5. The third-order valence-corrected chi connectivity index (χ3v) is 4.50. The minimum absolute atomic E-state index is 0.439. The van der Waals surface area contributed by atoms with Crippen molar-refractivity contribution in [1.29, 1.82) is 0 Å². The molecular formula is C14H28N2O. The molecule has 1 saturated heterocycles. The van der Waals surface area contributed by atoms with Gasteiger partial charge in [0.25, 0.3) is 0 Å². The molecule has 0 radical (unpaired) electrons. The molecule has 1 saturated carbocycles. The molecule has 3 heteroatoms. The van der Waals surface area contributed by atoms with Gasteiger partial charge < -0.3 is 10.5 Å². The van der Waals surface area contributed by atoms with E-state index in [1.807, 2.05) is 0 Å². The number of nitrogens with two attached hydrogens (primary N) is 1. The van der Waals surface area contributed by atoms with Crippen LogP contribution in [0.5, 0.6) is 0 Å². The summed E-state index contributed by atoms with van der Waals surface area (Å²) in [4.78, 5) is 2.73. The predicted molar refractivity (Wildman–Crippen MR) is 71.0 cm³/mol. The Morgan fingerprint density at radius 3 is 2.41 bits per heavy atom. The minimum Gasteiger partial charge on any atom is -0.378 e. The van der Waals surface area contributed by atoms with Gasteiger partial charge in [0.1, 0.15) is 0 Å². The lowest BCUT2D eigenvalue weighted by atomic mass is 9.88. The van der Waals surface area contributed by atoms with Crippen LogP contribution in [0, 0.1) is 0 Å². The fourth-order valence-electron chi connectivity index (χ4n) is 3.52. The monoisotopic (exact) mass is 240 g/mol. The number of hydrogen-bond acceptors (Lipinski definition) is 3. The second-order valence-corrected chi connectivity index (χ2v) is 5.76. The minimum atomic E-state index is 0.439. The summed E-state index contributed by atoms with van der Waals surface area (Å²) in [5.74, 6) is 0. The van der Waals surface area contributed by atoms with E-state index in [0.29, 0.717) is 12.1 Å². The van der Waals surface area contributed by atoms with E-state index in [0.717, 1.165) is 18.7 Å². The maximum atomic E-state index is 6.00. The summed E-state index contributed by atoms with van der Waals surface area (Å²) < 4.78 is 5.66. The van der Waals surface area contributed by atoms with Crippen molar-refractivity contribution in [2.75, 3.05) is 13.2 Å². The molecule has 2 N–H and O–H groups in total. The molecule has 2 aliphatic rings. The van der Waals surface area contributed by atoms with Crippen molar-refractivity contribution in [3.8, 4) is 0 Å². The molecule has 2 rings (SSSR count). The van der Waals surface area contributed by atoms with Crippen molar-refractivity contribution in [3.05, 3.63) is 0 Å². The van der Waals surface area contributed by atoms with Gasteiger partial charge in [0, 0.05) is 24.7 Å². The number of ether oxygens (including phenoxy) is 1. The van der Waals surface area contributed by atoms with Crippen molar-refractivity contribution in [1.82, 2.24) is 4.90 Å². The van der Waals surface area contributed by atoms with E-state index in [1.54, 1.807) is 0 Å². The van der Waals surface area contributed by atoms with Gasteiger partial charge in [0.15, 0.2) is 0 Å². The number of rotatable bonds is 3. The average molecular weight is 240 g/mol. The maximum Gasteiger partial charge on any atom is 0.0561 e. The van der Waals surface area contributed by atoms with E-state index < -0.39 is 0 Å². The van der Waals surface area contributed by atoms with Crippen LogP contribution in [0.15, 0.2) is 0 Å². The third kappa shape index (κ3) is 3.43. The Morgan fingerprint density at radius 2 is 1.82 bits per heavy atom. The highest BCUT2D eigenvalue weighted by molar-refractivity contribution is 4.86. The van der Waals surface area contributed by atoms with Crippen molar-refractivity contribution in [2.45, 2.75) is 76.6 Å². The van der Waals surface area contributed by atoms with Crippen LogP contribution in [-0.4, -0.2) is 42.3 Å². The van der Waals surface area contributed by atoms with Gasteiger partial charge in [-0.1, -0.05) is 6.92 Å². The van der Waals surface area contributed by atoms with Crippen LogP contribution in [-0.2, 0) is 4.74 Å². The summed E-state index contributed by atoms with van der Waals surface area (Å²) in [7, 11) is 0. The molecule has 1 aliphatic carbocycles. The zero-order chi connectivity index (χ0) is 12.3. The van der Waals surface area contributed by atoms with Gasteiger partial charge >= 0.3 is 0 Å². The van der Waals surface area contributed by atoms with E-state index >= 15 is 0 Å². The van der Waals surface area contributed by atoms with Crippen LogP contribution in [0.3, 0.4) is 0 Å². The lowest BCUT2D eigenvalue weighted by molar-refractivity contribution is -0.0313. The van der Waals surface area contributed by atoms with E-state index in [1.165, 1.54) is 45.1 Å². The van der Waals surface area contributed by atoms with Gasteiger partial charge in [-0.3, -0.25) is 4.90 Å². The summed E-state index contributed by atoms with van der Waals surface area (Å²) in [5, 5.41) is 0. The molecule has 100 valence electrons. The molecule has 1 aliphatic heterocycles. The molecule has 0 aromatic rings. The van der Waals surface area contributed by atoms with Gasteiger partial charge in [-0.2, -0.15) is 0 Å². The third-order valence-electron chi connectivity index (χ3n) is 4.50. The Labute approximate surface area is 106 Å². The standard InChI is InChI=1S/C14H28N2O/c1-3-16(13-6-4-12(15)5-7-13)14-8-9-17-11(2)10-14/h11-14H,3-10,15H2,1-2H3. The van der Waals surface area contributed by atoms with E-state index in [2.05, 4.69) is 18.7 Å². The topological polar surface area (TPSA) is 38.5 Å². The normalized spacial score (nSPS) is 39.5. The summed E-state index contributed by atoms with van der Waals surface area (Å²) >= 11 is 0. The Kier molecular flexibility index (Phi) is 4.83. The van der Waals surface area contributed by atoms with Crippen LogP contribution in [0.4, 0.5) is 0 Å². The van der Waals surface area contributed by atoms with E-state index in [-0.39, 0.29) is 0 Å². The first kappa shape index (κ1) is 13.3. The van der Waals surface area contributed by atoms with Crippen molar-refractivity contribution in [2.24, 2.45) is 5.73 Å². The molecule has 17 heavy (non-hydrogen) atoms. The lowest BCUT2D eigenvalue weighted by Crippen LogP contribution is -2.49. The highest BCUT2D eigenvalue weighted by Gasteiger charge is 2.31. The van der Waals surface area contributed by atoms with Crippen LogP contribution >= 0.6 is 0 Å². The zero-order valence-corrected chi connectivity index (χ0v) is 11.4. The molecule has 2 fully saturated rings. The summed E-state index contributed by atoms with van der Waals surface area (Å²) in [6.45, 7) is 6.62. The molecular weight excluding hydrogens is 212 g/mol. The molecule has 3 nitrogen and oxygen atoms in total. The van der Waals surface area contributed by atoms with Gasteiger partial charge in [0.2, 0.25) is 0 Å². The molecule has 1 heterocycles. The highest BCUT2D eigenvalue weighted by Crippen LogP contribution is 2.28. The predicted octanol–water partition coefficient (Wildman–Crippen LogP) is 2.15. The fourth-order valence-corrected chi connectivity index (χ4v) is 3.52. The van der Waals surface area contributed by atoms with Crippen LogP contribution in [0.1, 0.15) is 52.4 Å². The quantitative estimate of drug-likeness (QED) is 0.821. The second-order valence-electron chi connectivity index (χ2n) is 5.76. The maximum absolute atomic E-state index is 6.00. The van der Waals surface area contributed by atoms with Crippen molar-refractivity contribution in [3.63, 3.8) is 0 Å². The Morgan fingerprint density at radius 1 is 1.12 bits per heavy atom. The number of hydrogen-bond donors (Lipinski definition) is 1. The van der Waals surface area contributed by atoms with Crippen LogP contribution < -0.4 is 5.73 Å². The summed E-state index contributed by atoms with van der Waals surface area (Å²) in [5.41, 5.74) is 6.00. The first-order valence-corrected chi connectivity index (χ1v) is 7.33. The summed E-state index contributed by atoms with van der Waals surface area (Å²) in [6, 6.07) is 1.97. The Bertz CT molecular complexity index is 226. The molecule has 0 aromatic carbocycles. The van der Waals surface area contributed by atoms with Gasteiger partial charge in [-0.05, 0) is 52.0 Å². The molecule has 2 unspecified atom stereocenters. The second kappa shape index (κ2) is 6.17. The van der Waals surface area contributed by atoms with Crippen LogP contribution in [0.2, 0.25) is 0 Å². The van der Waals surface area contributed by atoms with E-state index in [9.17, 15) is 0 Å². The van der Waals surface area contributed by atoms with Crippen molar-refractivity contribution < 1.29 is 4.74 Å². The molecule has 0 aromatic heterocycles. The summed E-state index contributed by atoms with van der Waals surface area (Å²) in [6.07, 6.45) is 7.85. The van der Waals surface area contributed by atoms with Gasteiger partial charge in [0.05, 0.1) is 6.10 Å². The molecule has 0 amide bonds. The van der Waals surface area contributed by atoms with E-state index in [4.69, 9.17) is 10.5 Å². The van der Waals surface area contributed by atoms with Gasteiger partial charge in [-0.15, -0.1) is 0 Å². The first-order chi connectivity index (χ1) is 8.20. The molecule has 0 spiro atoms.